The summed E-state index contributed by atoms with van der Waals surface area (Å²) in [5, 5.41) is 6.64. The maximum atomic E-state index is 11.7. The first-order valence-corrected chi connectivity index (χ1v) is 7.50. The van der Waals surface area contributed by atoms with Gasteiger partial charge < -0.3 is 19.3 Å². The summed E-state index contributed by atoms with van der Waals surface area (Å²) in [5.41, 5.74) is 0.810. The highest BCUT2D eigenvalue weighted by Crippen LogP contribution is 2.14. The van der Waals surface area contributed by atoms with Crippen molar-refractivity contribution in [2.45, 2.75) is 25.6 Å². The molecule has 0 aliphatic carbocycles. The predicted octanol–water partition coefficient (Wildman–Crippen LogP) is 0.943. The summed E-state index contributed by atoms with van der Waals surface area (Å²) in [7, 11) is 0. The quantitative estimate of drug-likeness (QED) is 0.811. The largest absolute Gasteiger partial charge is 0.376 e. The van der Waals surface area contributed by atoms with Crippen molar-refractivity contribution in [1.82, 2.24) is 20.4 Å². The van der Waals surface area contributed by atoms with E-state index >= 15 is 0 Å². The lowest BCUT2D eigenvalue weighted by Crippen LogP contribution is -2.34. The van der Waals surface area contributed by atoms with E-state index in [2.05, 4.69) is 20.4 Å². The Morgan fingerprint density at radius 1 is 1.39 bits per heavy atom. The van der Waals surface area contributed by atoms with Gasteiger partial charge in [-0.3, -0.25) is 9.78 Å². The normalized spacial score (nSPS) is 17.3. The first kappa shape index (κ1) is 15.6. The van der Waals surface area contributed by atoms with Gasteiger partial charge in [0.2, 0.25) is 11.7 Å². The number of ether oxygens (including phenoxy) is 2. The Labute approximate surface area is 133 Å². The number of carbonyl (C=O) groups excluding carboxylic acids is 1. The van der Waals surface area contributed by atoms with Crippen LogP contribution in [0.5, 0.6) is 0 Å². The second-order valence-corrected chi connectivity index (χ2v) is 5.18. The van der Waals surface area contributed by atoms with E-state index in [0.717, 1.165) is 25.0 Å². The molecule has 0 saturated carbocycles. The number of nitrogens with zero attached hydrogens (tertiary/aromatic N) is 3. The molecule has 0 unspecified atom stereocenters. The van der Waals surface area contributed by atoms with Gasteiger partial charge in [-0.1, -0.05) is 5.16 Å². The van der Waals surface area contributed by atoms with Gasteiger partial charge in [0.1, 0.15) is 13.2 Å². The molecule has 3 heterocycles. The lowest BCUT2D eigenvalue weighted by Gasteiger charge is -2.10. The maximum Gasteiger partial charge on any atom is 0.252 e. The SMILES string of the molecule is O=C(COCc1nc(-c2ccncc2)no1)NC[C@H]1CCCO1. The van der Waals surface area contributed by atoms with Crippen LogP contribution in [0.1, 0.15) is 18.7 Å². The molecular weight excluding hydrogens is 300 g/mol. The zero-order valence-corrected chi connectivity index (χ0v) is 12.6. The molecule has 2 aromatic rings. The average Bonchev–Trinajstić information content (AvgIpc) is 3.26. The van der Waals surface area contributed by atoms with Crippen LogP contribution in [0.15, 0.2) is 29.0 Å². The number of hydrogen-bond donors (Lipinski definition) is 1. The topological polar surface area (TPSA) is 99.4 Å². The summed E-state index contributed by atoms with van der Waals surface area (Å²) in [6.45, 7) is 1.33. The van der Waals surface area contributed by atoms with Crippen LogP contribution in [0.3, 0.4) is 0 Å². The van der Waals surface area contributed by atoms with Crippen molar-refractivity contribution >= 4 is 5.91 Å². The standard InChI is InChI=1S/C15H18N4O4/c20-13(17-8-12-2-1-7-22-12)9-21-10-14-18-15(19-23-14)11-3-5-16-6-4-11/h3-6,12H,1-2,7-10H2,(H,17,20)/t12-/m1/s1. The zero-order chi connectivity index (χ0) is 15.9. The summed E-state index contributed by atoms with van der Waals surface area (Å²) in [6, 6.07) is 3.57. The van der Waals surface area contributed by atoms with Crippen LogP contribution in [-0.2, 0) is 20.9 Å². The maximum absolute atomic E-state index is 11.7. The number of aromatic nitrogens is 3. The molecule has 1 saturated heterocycles. The molecule has 1 aliphatic rings. The Morgan fingerprint density at radius 3 is 3.04 bits per heavy atom. The number of hydrogen-bond acceptors (Lipinski definition) is 7. The van der Waals surface area contributed by atoms with E-state index in [1.165, 1.54) is 0 Å². The number of pyridine rings is 1. The first-order valence-electron chi connectivity index (χ1n) is 7.50. The van der Waals surface area contributed by atoms with Gasteiger partial charge in [0, 0.05) is 31.1 Å². The van der Waals surface area contributed by atoms with Gasteiger partial charge in [0.25, 0.3) is 5.89 Å². The van der Waals surface area contributed by atoms with Crippen molar-refractivity contribution < 1.29 is 18.8 Å². The Bertz CT molecular complexity index is 625. The summed E-state index contributed by atoms with van der Waals surface area (Å²) in [5.74, 6) is 0.604. The van der Waals surface area contributed by atoms with Crippen LogP contribution in [0.25, 0.3) is 11.4 Å². The minimum Gasteiger partial charge on any atom is -0.376 e. The molecule has 2 aromatic heterocycles. The summed E-state index contributed by atoms with van der Waals surface area (Å²) in [6.07, 6.45) is 5.47. The molecule has 1 N–H and O–H groups in total. The number of amides is 1. The smallest absolute Gasteiger partial charge is 0.252 e. The second-order valence-electron chi connectivity index (χ2n) is 5.18. The molecule has 23 heavy (non-hydrogen) atoms. The molecule has 3 rings (SSSR count). The molecule has 0 aromatic carbocycles. The lowest BCUT2D eigenvalue weighted by atomic mass is 10.2. The molecule has 0 radical (unpaired) electrons. The van der Waals surface area contributed by atoms with E-state index < -0.39 is 0 Å². The zero-order valence-electron chi connectivity index (χ0n) is 12.6. The Hall–Kier alpha value is -2.32. The fourth-order valence-electron chi connectivity index (χ4n) is 2.25. The Balaban J connectivity index is 1.39. The van der Waals surface area contributed by atoms with E-state index in [0.29, 0.717) is 18.3 Å². The molecule has 1 aliphatic heterocycles. The number of rotatable bonds is 7. The van der Waals surface area contributed by atoms with E-state index in [9.17, 15) is 4.79 Å². The summed E-state index contributed by atoms with van der Waals surface area (Å²) < 4.78 is 15.8. The monoisotopic (exact) mass is 318 g/mol. The molecular formula is C15H18N4O4. The molecule has 122 valence electrons. The van der Waals surface area contributed by atoms with E-state index in [1.807, 2.05) is 0 Å². The van der Waals surface area contributed by atoms with E-state index in [4.69, 9.17) is 14.0 Å². The van der Waals surface area contributed by atoms with Gasteiger partial charge in [-0.2, -0.15) is 4.98 Å². The highest BCUT2D eigenvalue weighted by molar-refractivity contribution is 5.77. The van der Waals surface area contributed by atoms with Gasteiger partial charge >= 0.3 is 0 Å². The van der Waals surface area contributed by atoms with E-state index in [-0.39, 0.29) is 25.2 Å². The van der Waals surface area contributed by atoms with Crippen LogP contribution in [0.4, 0.5) is 0 Å². The fraction of sp³-hybridized carbons (Fsp3) is 0.467. The third-order valence-corrected chi connectivity index (χ3v) is 3.42. The summed E-state index contributed by atoms with van der Waals surface area (Å²) >= 11 is 0. The average molecular weight is 318 g/mol. The molecule has 0 spiro atoms. The Kier molecular flexibility index (Phi) is 5.28. The molecule has 1 atom stereocenters. The van der Waals surface area contributed by atoms with Gasteiger partial charge in [-0.05, 0) is 25.0 Å². The van der Waals surface area contributed by atoms with Gasteiger partial charge in [0.15, 0.2) is 0 Å². The molecule has 8 heteroatoms. The van der Waals surface area contributed by atoms with Gasteiger partial charge in [0.05, 0.1) is 6.10 Å². The van der Waals surface area contributed by atoms with Crippen molar-refractivity contribution in [1.29, 1.82) is 0 Å². The van der Waals surface area contributed by atoms with Gasteiger partial charge in [-0.25, -0.2) is 0 Å². The Morgan fingerprint density at radius 2 is 2.26 bits per heavy atom. The molecule has 1 amide bonds. The predicted molar refractivity (Wildman–Crippen MR) is 79.2 cm³/mol. The molecule has 8 nitrogen and oxygen atoms in total. The first-order chi connectivity index (χ1) is 11.3. The van der Waals surface area contributed by atoms with Crippen molar-refractivity contribution in [3.05, 3.63) is 30.4 Å². The van der Waals surface area contributed by atoms with Crippen molar-refractivity contribution in [2.24, 2.45) is 0 Å². The summed E-state index contributed by atoms with van der Waals surface area (Å²) in [4.78, 5) is 19.8. The lowest BCUT2D eigenvalue weighted by molar-refractivity contribution is -0.126. The number of carbonyl (C=O) groups is 1. The van der Waals surface area contributed by atoms with Crippen molar-refractivity contribution in [2.75, 3.05) is 19.8 Å². The molecule has 1 fully saturated rings. The fourth-order valence-corrected chi connectivity index (χ4v) is 2.25. The highest BCUT2D eigenvalue weighted by Gasteiger charge is 2.16. The number of nitrogens with one attached hydrogen (secondary N) is 1. The highest BCUT2D eigenvalue weighted by atomic mass is 16.5. The van der Waals surface area contributed by atoms with Crippen LogP contribution in [0, 0.1) is 0 Å². The van der Waals surface area contributed by atoms with Crippen molar-refractivity contribution in [3.63, 3.8) is 0 Å². The van der Waals surface area contributed by atoms with Crippen LogP contribution < -0.4 is 5.32 Å². The van der Waals surface area contributed by atoms with Crippen LogP contribution in [-0.4, -0.2) is 46.9 Å². The molecule has 0 bridgehead atoms. The minimum absolute atomic E-state index is 0.0559. The second kappa shape index (κ2) is 7.80. The van der Waals surface area contributed by atoms with Crippen molar-refractivity contribution in [3.8, 4) is 11.4 Å². The minimum atomic E-state index is -0.186. The van der Waals surface area contributed by atoms with E-state index in [1.54, 1.807) is 24.5 Å². The van der Waals surface area contributed by atoms with Crippen LogP contribution >= 0.6 is 0 Å². The van der Waals surface area contributed by atoms with Crippen LogP contribution in [0.2, 0.25) is 0 Å². The van der Waals surface area contributed by atoms with Gasteiger partial charge in [-0.15, -0.1) is 0 Å². The third-order valence-electron chi connectivity index (χ3n) is 3.42. The third kappa shape index (κ3) is 4.57.